The second kappa shape index (κ2) is 5.84. The summed E-state index contributed by atoms with van der Waals surface area (Å²) in [6, 6.07) is -0.353. The highest BCUT2D eigenvalue weighted by Crippen LogP contribution is 2.17. The van der Waals surface area contributed by atoms with Gasteiger partial charge in [-0.25, -0.2) is 0 Å². The molecule has 0 spiro atoms. The summed E-state index contributed by atoms with van der Waals surface area (Å²) < 4.78 is 0. The summed E-state index contributed by atoms with van der Waals surface area (Å²) in [7, 11) is 0. The van der Waals surface area contributed by atoms with Crippen molar-refractivity contribution in [1.82, 2.24) is 10.2 Å². The maximum absolute atomic E-state index is 11.8. The third-order valence-corrected chi connectivity index (χ3v) is 2.89. The van der Waals surface area contributed by atoms with E-state index in [1.165, 1.54) is 6.92 Å². The smallest absolute Gasteiger partial charge is 0.239 e. The lowest BCUT2D eigenvalue weighted by Gasteiger charge is -2.36. The molecule has 0 aliphatic carbocycles. The molecular formula is C11H21N3O2. The van der Waals surface area contributed by atoms with Crippen LogP contribution in [0.1, 0.15) is 33.1 Å². The van der Waals surface area contributed by atoms with Gasteiger partial charge >= 0.3 is 0 Å². The summed E-state index contributed by atoms with van der Waals surface area (Å²) in [6.07, 6.45) is 3.07. The van der Waals surface area contributed by atoms with Gasteiger partial charge in [-0.15, -0.1) is 0 Å². The monoisotopic (exact) mass is 227 g/mol. The van der Waals surface area contributed by atoms with Crippen molar-refractivity contribution in [2.75, 3.05) is 13.1 Å². The van der Waals surface area contributed by atoms with Crippen LogP contribution in [0.25, 0.3) is 0 Å². The molecule has 1 aliphatic rings. The number of amides is 2. The molecule has 0 aromatic heterocycles. The Morgan fingerprint density at radius 3 is 2.75 bits per heavy atom. The van der Waals surface area contributed by atoms with E-state index in [0.717, 1.165) is 25.8 Å². The molecule has 0 aromatic rings. The lowest BCUT2D eigenvalue weighted by Crippen LogP contribution is -2.53. The van der Waals surface area contributed by atoms with Crippen LogP contribution in [0.2, 0.25) is 0 Å². The van der Waals surface area contributed by atoms with Gasteiger partial charge in [0.25, 0.3) is 0 Å². The Hall–Kier alpha value is -1.10. The number of rotatable bonds is 3. The van der Waals surface area contributed by atoms with Crippen molar-refractivity contribution >= 4 is 11.8 Å². The zero-order valence-corrected chi connectivity index (χ0v) is 10.0. The highest BCUT2D eigenvalue weighted by Gasteiger charge is 2.28. The van der Waals surface area contributed by atoms with Crippen LogP contribution in [0.4, 0.5) is 0 Å². The Kier molecular flexibility index (Phi) is 4.73. The summed E-state index contributed by atoms with van der Waals surface area (Å²) in [5.41, 5.74) is 5.61. The van der Waals surface area contributed by atoms with E-state index in [2.05, 4.69) is 5.32 Å². The highest BCUT2D eigenvalue weighted by atomic mass is 16.2. The first-order chi connectivity index (χ1) is 7.52. The molecule has 0 bridgehead atoms. The number of carbonyl (C=O) groups excluding carboxylic acids is 2. The molecule has 0 radical (unpaired) electrons. The van der Waals surface area contributed by atoms with Gasteiger partial charge in [-0.1, -0.05) is 0 Å². The standard InChI is InChI=1S/C11H21N3O2/c1-8(12)11(16)14-6-4-3-5-10(14)7-13-9(2)15/h8,10H,3-7,12H2,1-2H3,(H,13,15)/t8-,10+/m0/s1. The molecule has 0 aromatic carbocycles. The molecule has 1 fully saturated rings. The fourth-order valence-electron chi connectivity index (χ4n) is 2.03. The maximum Gasteiger partial charge on any atom is 0.239 e. The van der Waals surface area contributed by atoms with Gasteiger partial charge in [0.1, 0.15) is 0 Å². The summed E-state index contributed by atoms with van der Waals surface area (Å²) >= 11 is 0. The molecule has 1 rings (SSSR count). The van der Waals surface area contributed by atoms with Crippen LogP contribution in [-0.4, -0.2) is 41.9 Å². The number of hydrogen-bond donors (Lipinski definition) is 2. The quantitative estimate of drug-likeness (QED) is 0.704. The molecule has 1 heterocycles. The predicted octanol–water partition coefficient (Wildman–Crippen LogP) is -0.149. The average Bonchev–Trinajstić information content (AvgIpc) is 2.25. The van der Waals surface area contributed by atoms with E-state index in [-0.39, 0.29) is 17.9 Å². The third-order valence-electron chi connectivity index (χ3n) is 2.89. The fourth-order valence-corrected chi connectivity index (χ4v) is 2.03. The number of likely N-dealkylation sites (tertiary alicyclic amines) is 1. The van der Waals surface area contributed by atoms with Crippen LogP contribution in [0, 0.1) is 0 Å². The second-order valence-corrected chi connectivity index (χ2v) is 4.41. The zero-order chi connectivity index (χ0) is 12.1. The van der Waals surface area contributed by atoms with Gasteiger partial charge in [-0.2, -0.15) is 0 Å². The average molecular weight is 227 g/mol. The number of nitrogens with one attached hydrogen (secondary N) is 1. The van der Waals surface area contributed by atoms with Crippen LogP contribution in [-0.2, 0) is 9.59 Å². The lowest BCUT2D eigenvalue weighted by molar-refractivity contribution is -0.136. The first kappa shape index (κ1) is 13.0. The molecule has 2 amide bonds. The minimum Gasteiger partial charge on any atom is -0.354 e. The Balaban J connectivity index is 2.56. The second-order valence-electron chi connectivity index (χ2n) is 4.41. The minimum atomic E-state index is -0.460. The molecule has 0 unspecified atom stereocenters. The highest BCUT2D eigenvalue weighted by molar-refractivity contribution is 5.81. The number of hydrogen-bond acceptors (Lipinski definition) is 3. The Morgan fingerprint density at radius 2 is 2.19 bits per heavy atom. The fraction of sp³-hybridized carbons (Fsp3) is 0.818. The van der Waals surface area contributed by atoms with Crippen molar-refractivity contribution in [3.63, 3.8) is 0 Å². The normalized spacial score (nSPS) is 22.7. The zero-order valence-electron chi connectivity index (χ0n) is 10.0. The molecule has 5 heteroatoms. The van der Waals surface area contributed by atoms with Gasteiger partial charge in [0, 0.05) is 26.1 Å². The molecule has 0 saturated carbocycles. The van der Waals surface area contributed by atoms with E-state index in [1.54, 1.807) is 6.92 Å². The molecule has 2 atom stereocenters. The summed E-state index contributed by atoms with van der Waals surface area (Å²) in [4.78, 5) is 24.5. The molecule has 5 nitrogen and oxygen atoms in total. The topological polar surface area (TPSA) is 75.4 Å². The van der Waals surface area contributed by atoms with Gasteiger partial charge in [-0.05, 0) is 26.2 Å². The van der Waals surface area contributed by atoms with Gasteiger partial charge in [0.2, 0.25) is 11.8 Å². The lowest BCUT2D eigenvalue weighted by atomic mass is 10.0. The van der Waals surface area contributed by atoms with Gasteiger partial charge in [-0.3, -0.25) is 9.59 Å². The predicted molar refractivity (Wildman–Crippen MR) is 61.7 cm³/mol. The third kappa shape index (κ3) is 3.48. The Bertz CT molecular complexity index is 266. The van der Waals surface area contributed by atoms with Crippen LogP contribution in [0.15, 0.2) is 0 Å². The van der Waals surface area contributed by atoms with E-state index in [4.69, 9.17) is 5.73 Å². The van der Waals surface area contributed by atoms with Crippen molar-refractivity contribution < 1.29 is 9.59 Å². The van der Waals surface area contributed by atoms with Crippen molar-refractivity contribution in [3.05, 3.63) is 0 Å². The summed E-state index contributed by atoms with van der Waals surface area (Å²) in [6.45, 7) is 4.48. The molecule has 1 aliphatic heterocycles. The SMILES string of the molecule is CC(=O)NC[C@H]1CCCCN1C(=O)[C@H](C)N. The maximum atomic E-state index is 11.8. The molecular weight excluding hydrogens is 206 g/mol. The van der Waals surface area contributed by atoms with E-state index < -0.39 is 6.04 Å². The molecule has 3 N–H and O–H groups in total. The van der Waals surface area contributed by atoms with Crippen LogP contribution in [0.3, 0.4) is 0 Å². The van der Waals surface area contributed by atoms with Gasteiger partial charge in [0.05, 0.1) is 6.04 Å². The Morgan fingerprint density at radius 1 is 1.50 bits per heavy atom. The van der Waals surface area contributed by atoms with E-state index in [1.807, 2.05) is 4.90 Å². The minimum absolute atomic E-state index is 0.0185. The first-order valence-electron chi connectivity index (χ1n) is 5.83. The van der Waals surface area contributed by atoms with Crippen molar-refractivity contribution in [3.8, 4) is 0 Å². The summed E-state index contributed by atoms with van der Waals surface area (Å²) in [5.74, 6) is -0.0752. The van der Waals surface area contributed by atoms with Crippen molar-refractivity contribution in [2.45, 2.75) is 45.2 Å². The van der Waals surface area contributed by atoms with E-state index in [9.17, 15) is 9.59 Å². The molecule has 92 valence electrons. The number of nitrogens with zero attached hydrogens (tertiary/aromatic N) is 1. The Labute approximate surface area is 96.4 Å². The number of piperidine rings is 1. The summed E-state index contributed by atoms with van der Waals surface area (Å²) in [5, 5.41) is 2.77. The number of carbonyl (C=O) groups is 2. The van der Waals surface area contributed by atoms with Crippen molar-refractivity contribution in [1.29, 1.82) is 0 Å². The van der Waals surface area contributed by atoms with Crippen molar-refractivity contribution in [2.24, 2.45) is 5.73 Å². The molecule has 16 heavy (non-hydrogen) atoms. The van der Waals surface area contributed by atoms with E-state index in [0.29, 0.717) is 6.54 Å². The van der Waals surface area contributed by atoms with Gasteiger partial charge < -0.3 is 16.0 Å². The van der Waals surface area contributed by atoms with E-state index >= 15 is 0 Å². The largest absolute Gasteiger partial charge is 0.354 e. The van der Waals surface area contributed by atoms with Crippen LogP contribution >= 0.6 is 0 Å². The van der Waals surface area contributed by atoms with Crippen LogP contribution < -0.4 is 11.1 Å². The first-order valence-corrected chi connectivity index (χ1v) is 5.83. The number of nitrogens with two attached hydrogens (primary N) is 1. The van der Waals surface area contributed by atoms with Crippen LogP contribution in [0.5, 0.6) is 0 Å². The van der Waals surface area contributed by atoms with Gasteiger partial charge in [0.15, 0.2) is 0 Å². The molecule has 1 saturated heterocycles.